The fourth-order valence-corrected chi connectivity index (χ4v) is 1.74. The van der Waals surface area contributed by atoms with Crippen molar-refractivity contribution in [2.24, 2.45) is 0 Å². The topological polar surface area (TPSA) is 124 Å². The lowest BCUT2D eigenvalue weighted by molar-refractivity contribution is -0.136. The largest absolute Gasteiger partial charge is 0.379 e. The monoisotopic (exact) mass is 269 g/mol. The van der Waals surface area contributed by atoms with Crippen molar-refractivity contribution in [1.82, 2.24) is 20.5 Å². The van der Waals surface area contributed by atoms with E-state index in [-0.39, 0.29) is 17.4 Å². The molecule has 1 aliphatic heterocycles. The molecule has 1 aromatic rings. The Balaban J connectivity index is 1.93. The van der Waals surface area contributed by atoms with E-state index >= 15 is 0 Å². The Morgan fingerprint density at radius 1 is 1.37 bits per heavy atom. The van der Waals surface area contributed by atoms with Gasteiger partial charge in [0, 0.05) is 13.1 Å². The van der Waals surface area contributed by atoms with Gasteiger partial charge in [-0.3, -0.25) is 9.59 Å². The van der Waals surface area contributed by atoms with Crippen LogP contribution in [0.3, 0.4) is 0 Å². The summed E-state index contributed by atoms with van der Waals surface area (Å²) in [4.78, 5) is 25.5. The lowest BCUT2D eigenvalue weighted by Gasteiger charge is -2.29. The van der Waals surface area contributed by atoms with Crippen molar-refractivity contribution in [2.75, 3.05) is 32.0 Å². The van der Waals surface area contributed by atoms with Gasteiger partial charge in [0.25, 0.3) is 5.91 Å². The number of anilines is 1. The standard InChI is InChI=1S/C10H15N5O4/c1-6(10(17)15-2-4-18-5-3-15)12-9(16)7-8(11)14-19-13-7/h6H,2-5H2,1H3,(H2,11,14)(H,12,16). The van der Waals surface area contributed by atoms with Gasteiger partial charge >= 0.3 is 0 Å². The molecule has 9 nitrogen and oxygen atoms in total. The van der Waals surface area contributed by atoms with Crippen LogP contribution in [-0.4, -0.2) is 59.4 Å². The normalized spacial score (nSPS) is 17.0. The molecule has 1 unspecified atom stereocenters. The van der Waals surface area contributed by atoms with Crippen molar-refractivity contribution >= 4 is 17.6 Å². The van der Waals surface area contributed by atoms with E-state index in [2.05, 4.69) is 20.3 Å². The fraction of sp³-hybridized carbons (Fsp3) is 0.600. The van der Waals surface area contributed by atoms with Gasteiger partial charge in [-0.25, -0.2) is 4.63 Å². The SMILES string of the molecule is CC(NC(=O)c1nonc1N)C(=O)N1CCOCC1. The number of aromatic nitrogens is 2. The average molecular weight is 269 g/mol. The van der Waals surface area contributed by atoms with Crippen LogP contribution in [0.4, 0.5) is 5.82 Å². The highest BCUT2D eigenvalue weighted by Gasteiger charge is 2.25. The van der Waals surface area contributed by atoms with Crippen LogP contribution < -0.4 is 11.1 Å². The number of hydrogen-bond donors (Lipinski definition) is 2. The Kier molecular flexibility index (Phi) is 3.95. The summed E-state index contributed by atoms with van der Waals surface area (Å²) in [5, 5.41) is 9.18. The Bertz CT molecular complexity index is 468. The van der Waals surface area contributed by atoms with Gasteiger partial charge in [-0.2, -0.15) is 0 Å². The molecule has 0 radical (unpaired) electrons. The van der Waals surface area contributed by atoms with E-state index in [1.54, 1.807) is 11.8 Å². The number of rotatable bonds is 3. The molecule has 0 spiro atoms. The van der Waals surface area contributed by atoms with Gasteiger partial charge in [0.2, 0.25) is 17.4 Å². The van der Waals surface area contributed by atoms with Crippen LogP contribution in [0, 0.1) is 0 Å². The van der Waals surface area contributed by atoms with E-state index < -0.39 is 11.9 Å². The Morgan fingerprint density at radius 3 is 2.63 bits per heavy atom. The predicted molar refractivity (Wildman–Crippen MR) is 63.0 cm³/mol. The molecule has 1 aliphatic rings. The van der Waals surface area contributed by atoms with Gasteiger partial charge in [-0.1, -0.05) is 0 Å². The highest BCUT2D eigenvalue weighted by molar-refractivity contribution is 5.98. The molecule has 0 saturated carbocycles. The number of nitrogens with one attached hydrogen (secondary N) is 1. The summed E-state index contributed by atoms with van der Waals surface area (Å²) in [6.45, 7) is 3.65. The lowest BCUT2D eigenvalue weighted by Crippen LogP contribution is -2.50. The van der Waals surface area contributed by atoms with Crippen molar-refractivity contribution < 1.29 is 19.0 Å². The van der Waals surface area contributed by atoms with Crippen LogP contribution in [0.1, 0.15) is 17.4 Å². The third-order valence-corrected chi connectivity index (χ3v) is 2.77. The molecule has 0 aromatic carbocycles. The number of morpholine rings is 1. The molecule has 1 aromatic heterocycles. The first-order chi connectivity index (χ1) is 9.09. The minimum Gasteiger partial charge on any atom is -0.379 e. The van der Waals surface area contributed by atoms with Crippen LogP contribution in [0.15, 0.2) is 4.63 Å². The summed E-state index contributed by atoms with van der Waals surface area (Å²) in [5.74, 6) is -0.872. The molecule has 9 heteroatoms. The quantitative estimate of drug-likeness (QED) is 0.693. The number of nitrogen functional groups attached to an aromatic ring is 1. The summed E-state index contributed by atoms with van der Waals surface area (Å²) in [6.07, 6.45) is 0. The summed E-state index contributed by atoms with van der Waals surface area (Å²) >= 11 is 0. The summed E-state index contributed by atoms with van der Waals surface area (Å²) in [5.41, 5.74) is 5.27. The van der Waals surface area contributed by atoms with E-state index in [9.17, 15) is 9.59 Å². The summed E-state index contributed by atoms with van der Waals surface area (Å²) in [7, 11) is 0. The first-order valence-corrected chi connectivity index (χ1v) is 5.85. The second kappa shape index (κ2) is 5.65. The Hall–Kier alpha value is -2.16. The van der Waals surface area contributed by atoms with Gasteiger partial charge in [0.1, 0.15) is 6.04 Å². The summed E-state index contributed by atoms with van der Waals surface area (Å²) < 4.78 is 9.48. The molecule has 19 heavy (non-hydrogen) atoms. The molecular formula is C10H15N5O4. The van der Waals surface area contributed by atoms with Gasteiger partial charge in [0.05, 0.1) is 13.2 Å². The van der Waals surface area contributed by atoms with E-state index in [0.29, 0.717) is 26.3 Å². The number of amides is 2. The number of nitrogens with two attached hydrogens (primary N) is 1. The molecule has 1 atom stereocenters. The molecule has 2 heterocycles. The number of nitrogens with zero attached hydrogens (tertiary/aromatic N) is 3. The van der Waals surface area contributed by atoms with Crippen LogP contribution >= 0.6 is 0 Å². The number of carbonyl (C=O) groups is 2. The van der Waals surface area contributed by atoms with Gasteiger partial charge in [-0.05, 0) is 17.2 Å². The van der Waals surface area contributed by atoms with E-state index in [1.165, 1.54) is 0 Å². The highest BCUT2D eigenvalue weighted by Crippen LogP contribution is 2.05. The third-order valence-electron chi connectivity index (χ3n) is 2.77. The Morgan fingerprint density at radius 2 is 2.05 bits per heavy atom. The number of hydrogen-bond acceptors (Lipinski definition) is 7. The summed E-state index contributed by atoms with van der Waals surface area (Å²) in [6, 6.07) is -0.679. The minimum absolute atomic E-state index is 0.108. The van der Waals surface area contributed by atoms with Crippen molar-refractivity contribution in [1.29, 1.82) is 0 Å². The minimum atomic E-state index is -0.679. The maximum absolute atomic E-state index is 12.1. The molecule has 2 amide bonds. The molecule has 104 valence electrons. The maximum atomic E-state index is 12.1. The van der Waals surface area contributed by atoms with Gasteiger partial charge < -0.3 is 20.7 Å². The molecule has 1 saturated heterocycles. The van der Waals surface area contributed by atoms with Crippen LogP contribution in [-0.2, 0) is 9.53 Å². The van der Waals surface area contributed by atoms with Crippen LogP contribution in [0.2, 0.25) is 0 Å². The van der Waals surface area contributed by atoms with E-state index in [1.807, 2.05) is 0 Å². The zero-order valence-electron chi connectivity index (χ0n) is 10.5. The predicted octanol–water partition coefficient (Wildman–Crippen LogP) is -1.37. The van der Waals surface area contributed by atoms with Crippen molar-refractivity contribution in [3.05, 3.63) is 5.69 Å². The zero-order chi connectivity index (χ0) is 13.8. The average Bonchev–Trinajstić information content (AvgIpc) is 2.85. The smallest absolute Gasteiger partial charge is 0.278 e. The van der Waals surface area contributed by atoms with Crippen LogP contribution in [0.5, 0.6) is 0 Å². The van der Waals surface area contributed by atoms with Gasteiger partial charge in [0.15, 0.2) is 0 Å². The second-order valence-electron chi connectivity index (χ2n) is 4.13. The van der Waals surface area contributed by atoms with Crippen molar-refractivity contribution in [3.63, 3.8) is 0 Å². The molecular weight excluding hydrogens is 254 g/mol. The first-order valence-electron chi connectivity index (χ1n) is 5.85. The number of carbonyl (C=O) groups excluding carboxylic acids is 2. The van der Waals surface area contributed by atoms with Crippen molar-refractivity contribution in [2.45, 2.75) is 13.0 Å². The zero-order valence-corrected chi connectivity index (χ0v) is 10.5. The lowest BCUT2D eigenvalue weighted by atomic mass is 10.2. The molecule has 2 rings (SSSR count). The maximum Gasteiger partial charge on any atom is 0.278 e. The fourth-order valence-electron chi connectivity index (χ4n) is 1.74. The molecule has 0 bridgehead atoms. The first kappa shape index (κ1) is 13.3. The third kappa shape index (κ3) is 2.99. The van der Waals surface area contributed by atoms with E-state index in [4.69, 9.17) is 10.5 Å². The van der Waals surface area contributed by atoms with Crippen LogP contribution in [0.25, 0.3) is 0 Å². The molecule has 0 aliphatic carbocycles. The van der Waals surface area contributed by atoms with Crippen molar-refractivity contribution in [3.8, 4) is 0 Å². The van der Waals surface area contributed by atoms with Gasteiger partial charge in [-0.15, -0.1) is 0 Å². The number of ether oxygens (including phenoxy) is 1. The Labute approximate surface area is 109 Å². The van der Waals surface area contributed by atoms with E-state index in [0.717, 1.165) is 0 Å². The molecule has 1 fully saturated rings. The second-order valence-corrected chi connectivity index (χ2v) is 4.13. The molecule has 3 N–H and O–H groups in total. The highest BCUT2D eigenvalue weighted by atomic mass is 16.6.